The summed E-state index contributed by atoms with van der Waals surface area (Å²) in [7, 11) is 0. The lowest BCUT2D eigenvalue weighted by Gasteiger charge is -2.26. The van der Waals surface area contributed by atoms with Crippen LogP contribution in [-0.2, 0) is 13.1 Å². The van der Waals surface area contributed by atoms with Gasteiger partial charge in [-0.15, -0.1) is 0 Å². The Morgan fingerprint density at radius 2 is 2.00 bits per heavy atom. The number of hydrogen-bond donors (Lipinski definition) is 2. The van der Waals surface area contributed by atoms with Gasteiger partial charge in [0.2, 0.25) is 0 Å². The van der Waals surface area contributed by atoms with Crippen molar-refractivity contribution in [2.24, 2.45) is 11.5 Å². The zero-order chi connectivity index (χ0) is 15.9. The van der Waals surface area contributed by atoms with Crippen LogP contribution in [0, 0.1) is 0 Å². The summed E-state index contributed by atoms with van der Waals surface area (Å²) < 4.78 is 1.69. The highest BCUT2D eigenvalue weighted by Crippen LogP contribution is 2.29. The second-order valence-corrected chi connectivity index (χ2v) is 5.46. The van der Waals surface area contributed by atoms with Crippen LogP contribution in [0.3, 0.4) is 0 Å². The lowest BCUT2D eigenvalue weighted by Crippen LogP contribution is -2.42. The van der Waals surface area contributed by atoms with Crippen LogP contribution in [0.5, 0.6) is 0 Å². The minimum absolute atomic E-state index is 0.209. The normalized spacial score (nSPS) is 13.8. The van der Waals surface area contributed by atoms with E-state index in [9.17, 15) is 9.59 Å². The molecule has 0 spiro atoms. The van der Waals surface area contributed by atoms with Gasteiger partial charge in [-0.2, -0.15) is 5.10 Å². The Hall–Kier alpha value is -2.54. The van der Waals surface area contributed by atoms with Gasteiger partial charge < -0.3 is 16.4 Å². The van der Waals surface area contributed by atoms with Gasteiger partial charge in [0.1, 0.15) is 5.69 Å². The fraction of sp³-hybridized carbons (Fsp3) is 0.214. The third-order valence-corrected chi connectivity index (χ3v) is 3.87. The monoisotopic (exact) mass is 319 g/mol. The smallest absolute Gasteiger partial charge is 0.315 e. The van der Waals surface area contributed by atoms with E-state index in [0.29, 0.717) is 40.6 Å². The van der Waals surface area contributed by atoms with Gasteiger partial charge in [0.15, 0.2) is 0 Å². The van der Waals surface area contributed by atoms with Gasteiger partial charge in [-0.25, -0.2) is 4.79 Å². The van der Waals surface area contributed by atoms with Gasteiger partial charge in [-0.05, 0) is 12.1 Å². The molecule has 1 aromatic heterocycles. The Morgan fingerprint density at radius 3 is 2.64 bits per heavy atom. The number of amides is 3. The molecule has 2 aromatic rings. The Morgan fingerprint density at radius 1 is 1.23 bits per heavy atom. The van der Waals surface area contributed by atoms with E-state index in [2.05, 4.69) is 5.10 Å². The first-order valence-corrected chi connectivity index (χ1v) is 7.05. The van der Waals surface area contributed by atoms with Gasteiger partial charge in [0.05, 0.1) is 24.3 Å². The summed E-state index contributed by atoms with van der Waals surface area (Å²) in [5, 5.41) is 5.00. The summed E-state index contributed by atoms with van der Waals surface area (Å²) in [5.74, 6) is -0.595. The van der Waals surface area contributed by atoms with Crippen LogP contribution in [0.15, 0.2) is 24.3 Å². The minimum Gasteiger partial charge on any atom is -0.365 e. The molecule has 0 atom stereocenters. The molecule has 0 fully saturated rings. The molecule has 4 N–H and O–H groups in total. The van der Waals surface area contributed by atoms with Crippen LogP contribution in [0.4, 0.5) is 4.79 Å². The predicted octanol–water partition coefficient (Wildman–Crippen LogP) is 1.20. The minimum atomic E-state index is -0.595. The summed E-state index contributed by atoms with van der Waals surface area (Å²) in [6.07, 6.45) is 0. The van der Waals surface area contributed by atoms with Crippen LogP contribution in [-0.4, -0.2) is 33.2 Å². The standard InChI is InChI=1S/C14H14ClN5O2/c15-9-3-1-2-8(6-9)12-11(13(16)21)10-7-19(14(17)22)4-5-20(10)18-12/h1-3,6H,4-5,7H2,(H2,16,21)(H2,17,22). The highest BCUT2D eigenvalue weighted by molar-refractivity contribution is 6.30. The van der Waals surface area contributed by atoms with Crippen LogP contribution in [0.25, 0.3) is 11.3 Å². The van der Waals surface area contributed by atoms with Gasteiger partial charge >= 0.3 is 6.03 Å². The Balaban J connectivity index is 2.14. The van der Waals surface area contributed by atoms with Crippen molar-refractivity contribution >= 4 is 23.5 Å². The van der Waals surface area contributed by atoms with Crippen molar-refractivity contribution in [3.8, 4) is 11.3 Å². The van der Waals surface area contributed by atoms with Crippen molar-refractivity contribution in [1.29, 1.82) is 0 Å². The fourth-order valence-electron chi connectivity index (χ4n) is 2.60. The largest absolute Gasteiger partial charge is 0.365 e. The zero-order valence-electron chi connectivity index (χ0n) is 11.6. The van der Waals surface area contributed by atoms with Crippen molar-refractivity contribution < 1.29 is 9.59 Å². The van der Waals surface area contributed by atoms with Gasteiger partial charge in [-0.1, -0.05) is 23.7 Å². The SMILES string of the molecule is NC(=O)c1c(-c2cccc(Cl)c2)nn2c1CN(C(N)=O)CC2. The molecule has 3 amide bonds. The number of rotatable bonds is 2. The maximum Gasteiger partial charge on any atom is 0.315 e. The van der Waals surface area contributed by atoms with E-state index >= 15 is 0 Å². The number of carbonyl (C=O) groups excluding carboxylic acids is 2. The summed E-state index contributed by atoms with van der Waals surface area (Å²) in [6, 6.07) is 6.50. The summed E-state index contributed by atoms with van der Waals surface area (Å²) in [6.45, 7) is 1.11. The highest BCUT2D eigenvalue weighted by Gasteiger charge is 2.28. The molecule has 0 saturated carbocycles. The molecule has 2 heterocycles. The van der Waals surface area contributed by atoms with Gasteiger partial charge in [0, 0.05) is 17.1 Å². The molecular formula is C14H14ClN5O2. The molecule has 3 rings (SSSR count). The maximum absolute atomic E-state index is 11.9. The van der Waals surface area contributed by atoms with Crippen molar-refractivity contribution in [1.82, 2.24) is 14.7 Å². The summed E-state index contributed by atoms with van der Waals surface area (Å²) in [4.78, 5) is 24.7. The quantitative estimate of drug-likeness (QED) is 0.868. The molecule has 0 saturated heterocycles. The topological polar surface area (TPSA) is 107 Å². The average molecular weight is 320 g/mol. The molecule has 0 bridgehead atoms. The molecule has 1 aromatic carbocycles. The van der Waals surface area contributed by atoms with E-state index in [-0.39, 0.29) is 6.54 Å². The molecular weight excluding hydrogens is 306 g/mol. The Bertz CT molecular complexity index is 771. The average Bonchev–Trinajstić information content (AvgIpc) is 2.85. The molecule has 7 nitrogen and oxygen atoms in total. The van der Waals surface area contributed by atoms with Crippen molar-refractivity contribution in [3.63, 3.8) is 0 Å². The van der Waals surface area contributed by atoms with E-state index in [1.165, 1.54) is 4.90 Å². The Kier molecular flexibility index (Phi) is 3.50. The van der Waals surface area contributed by atoms with E-state index in [1.807, 2.05) is 0 Å². The summed E-state index contributed by atoms with van der Waals surface area (Å²) in [5.41, 5.74) is 12.9. The van der Waals surface area contributed by atoms with E-state index < -0.39 is 11.9 Å². The molecule has 0 unspecified atom stereocenters. The molecule has 8 heteroatoms. The number of nitrogens with two attached hydrogens (primary N) is 2. The number of benzene rings is 1. The highest BCUT2D eigenvalue weighted by atomic mass is 35.5. The number of carbonyl (C=O) groups is 2. The molecule has 0 radical (unpaired) electrons. The van der Waals surface area contributed by atoms with Crippen LogP contribution >= 0.6 is 11.6 Å². The number of hydrogen-bond acceptors (Lipinski definition) is 3. The fourth-order valence-corrected chi connectivity index (χ4v) is 2.79. The van der Waals surface area contributed by atoms with Gasteiger partial charge in [-0.3, -0.25) is 9.48 Å². The van der Waals surface area contributed by atoms with E-state index in [4.69, 9.17) is 23.1 Å². The number of nitrogens with zero attached hydrogens (tertiary/aromatic N) is 3. The Labute approximate surface area is 131 Å². The summed E-state index contributed by atoms with van der Waals surface area (Å²) >= 11 is 6.00. The maximum atomic E-state index is 11.9. The number of primary amides is 2. The van der Waals surface area contributed by atoms with Crippen molar-refractivity contribution in [2.45, 2.75) is 13.1 Å². The second kappa shape index (κ2) is 5.34. The molecule has 1 aliphatic rings. The zero-order valence-corrected chi connectivity index (χ0v) is 12.4. The van der Waals surface area contributed by atoms with E-state index in [1.54, 1.807) is 28.9 Å². The lowest BCUT2D eigenvalue weighted by atomic mass is 10.0. The second-order valence-electron chi connectivity index (χ2n) is 5.03. The lowest BCUT2D eigenvalue weighted by molar-refractivity contribution is 0.0997. The van der Waals surface area contributed by atoms with Crippen LogP contribution < -0.4 is 11.5 Å². The van der Waals surface area contributed by atoms with Crippen molar-refractivity contribution in [3.05, 3.63) is 40.5 Å². The first-order chi connectivity index (χ1) is 10.5. The predicted molar refractivity (Wildman–Crippen MR) is 81.2 cm³/mol. The van der Waals surface area contributed by atoms with Crippen LogP contribution in [0.2, 0.25) is 5.02 Å². The number of urea groups is 1. The third kappa shape index (κ3) is 2.39. The van der Waals surface area contributed by atoms with Crippen LogP contribution in [0.1, 0.15) is 16.1 Å². The molecule has 22 heavy (non-hydrogen) atoms. The first-order valence-electron chi connectivity index (χ1n) is 6.67. The molecule has 0 aliphatic carbocycles. The first kappa shape index (κ1) is 14.4. The number of fused-ring (bicyclic) bond motifs is 1. The number of aromatic nitrogens is 2. The molecule has 114 valence electrons. The molecule has 1 aliphatic heterocycles. The van der Waals surface area contributed by atoms with E-state index in [0.717, 1.165) is 0 Å². The van der Waals surface area contributed by atoms with Gasteiger partial charge in [0.25, 0.3) is 5.91 Å². The third-order valence-electron chi connectivity index (χ3n) is 3.64. The van der Waals surface area contributed by atoms with Crippen molar-refractivity contribution in [2.75, 3.05) is 6.54 Å². The number of halogens is 1.